The Balaban J connectivity index is 2.35. The van der Waals surface area contributed by atoms with Crippen LogP contribution in [0.5, 0.6) is 0 Å². The average Bonchev–Trinajstić information content (AvgIpc) is 2.97. The van der Waals surface area contributed by atoms with Gasteiger partial charge in [-0.3, -0.25) is 0 Å². The van der Waals surface area contributed by atoms with Gasteiger partial charge in [0.05, 0.1) is 19.1 Å². The standard InChI is InChI=1S/C11H13NO4S2/c1-18(14,15)12-8-11(13,9-4-6-17-7-9)10-3-2-5-16-10/h2-7,12-13H,8H2,1H3. The van der Waals surface area contributed by atoms with E-state index in [9.17, 15) is 13.5 Å². The molecule has 0 aliphatic rings. The molecule has 2 aromatic rings. The molecule has 5 nitrogen and oxygen atoms in total. The molecule has 1 unspecified atom stereocenters. The van der Waals surface area contributed by atoms with Crippen LogP contribution in [0.1, 0.15) is 11.3 Å². The summed E-state index contributed by atoms with van der Waals surface area (Å²) in [6.07, 6.45) is 2.48. The normalized spacial score (nSPS) is 15.4. The maximum Gasteiger partial charge on any atom is 0.208 e. The minimum Gasteiger partial charge on any atom is -0.466 e. The highest BCUT2D eigenvalue weighted by molar-refractivity contribution is 7.88. The first-order valence-electron chi connectivity index (χ1n) is 5.15. The topological polar surface area (TPSA) is 79.5 Å². The highest BCUT2D eigenvalue weighted by atomic mass is 32.2. The Labute approximate surface area is 109 Å². The first-order chi connectivity index (χ1) is 8.42. The highest BCUT2D eigenvalue weighted by Crippen LogP contribution is 2.31. The van der Waals surface area contributed by atoms with E-state index in [1.165, 1.54) is 17.6 Å². The van der Waals surface area contributed by atoms with Gasteiger partial charge >= 0.3 is 0 Å². The van der Waals surface area contributed by atoms with Crippen LogP contribution in [0.4, 0.5) is 0 Å². The largest absolute Gasteiger partial charge is 0.466 e. The number of nitrogens with one attached hydrogen (secondary N) is 1. The van der Waals surface area contributed by atoms with Crippen LogP contribution in [0, 0.1) is 0 Å². The van der Waals surface area contributed by atoms with E-state index in [-0.39, 0.29) is 6.54 Å². The Bertz CT molecular complexity index is 553. The number of aliphatic hydroxyl groups is 1. The average molecular weight is 287 g/mol. The fourth-order valence-corrected chi connectivity index (χ4v) is 2.78. The predicted molar refractivity (Wildman–Crippen MR) is 68.9 cm³/mol. The van der Waals surface area contributed by atoms with Crippen LogP contribution in [-0.4, -0.2) is 26.3 Å². The molecule has 2 rings (SSSR count). The molecule has 98 valence electrons. The van der Waals surface area contributed by atoms with Gasteiger partial charge in [-0.2, -0.15) is 11.3 Å². The van der Waals surface area contributed by atoms with Crippen molar-refractivity contribution in [3.8, 4) is 0 Å². The second kappa shape index (κ2) is 4.85. The van der Waals surface area contributed by atoms with Crippen LogP contribution in [0.15, 0.2) is 39.6 Å². The molecule has 0 saturated carbocycles. The molecular formula is C11H13NO4S2. The van der Waals surface area contributed by atoms with Crippen molar-refractivity contribution < 1.29 is 17.9 Å². The summed E-state index contributed by atoms with van der Waals surface area (Å²) in [7, 11) is -3.39. The van der Waals surface area contributed by atoms with E-state index < -0.39 is 15.6 Å². The minimum absolute atomic E-state index is 0.171. The molecule has 0 saturated heterocycles. The van der Waals surface area contributed by atoms with Gasteiger partial charge in [0.25, 0.3) is 0 Å². The monoisotopic (exact) mass is 287 g/mol. The Morgan fingerprint density at radius 2 is 2.28 bits per heavy atom. The molecular weight excluding hydrogens is 274 g/mol. The quantitative estimate of drug-likeness (QED) is 0.864. The number of hydrogen-bond donors (Lipinski definition) is 2. The Kier molecular flexibility index (Phi) is 3.58. The molecule has 0 radical (unpaired) electrons. The van der Waals surface area contributed by atoms with Crippen LogP contribution >= 0.6 is 11.3 Å². The van der Waals surface area contributed by atoms with Crippen molar-refractivity contribution in [2.24, 2.45) is 0 Å². The van der Waals surface area contributed by atoms with E-state index in [0.29, 0.717) is 11.3 Å². The SMILES string of the molecule is CS(=O)(=O)NCC(O)(c1ccsc1)c1ccco1. The summed E-state index contributed by atoms with van der Waals surface area (Å²) in [6.45, 7) is -0.171. The molecule has 0 spiro atoms. The Morgan fingerprint density at radius 3 is 2.78 bits per heavy atom. The summed E-state index contributed by atoms with van der Waals surface area (Å²) >= 11 is 1.42. The van der Waals surface area contributed by atoms with Crippen LogP contribution in [0.3, 0.4) is 0 Å². The van der Waals surface area contributed by atoms with Crippen molar-refractivity contribution in [3.05, 3.63) is 46.5 Å². The van der Waals surface area contributed by atoms with Crippen molar-refractivity contribution in [1.82, 2.24) is 4.72 Å². The molecule has 2 N–H and O–H groups in total. The lowest BCUT2D eigenvalue weighted by Crippen LogP contribution is -2.40. The lowest BCUT2D eigenvalue weighted by atomic mass is 9.94. The van der Waals surface area contributed by atoms with Gasteiger partial charge in [0.15, 0.2) is 5.60 Å². The third kappa shape index (κ3) is 2.81. The van der Waals surface area contributed by atoms with Crippen LogP contribution < -0.4 is 4.72 Å². The maximum absolute atomic E-state index is 11.2. The van der Waals surface area contributed by atoms with E-state index >= 15 is 0 Å². The van der Waals surface area contributed by atoms with Crippen LogP contribution in [0.25, 0.3) is 0 Å². The molecule has 1 atom stereocenters. The van der Waals surface area contributed by atoms with E-state index in [2.05, 4.69) is 4.72 Å². The van der Waals surface area contributed by atoms with E-state index in [0.717, 1.165) is 6.26 Å². The molecule has 2 heterocycles. The number of sulfonamides is 1. The summed E-state index contributed by atoms with van der Waals surface area (Å²) in [6, 6.07) is 4.99. The molecule has 2 aromatic heterocycles. The predicted octanol–water partition coefficient (Wildman–Crippen LogP) is 1.13. The van der Waals surface area contributed by atoms with Gasteiger partial charge in [-0.05, 0) is 29.0 Å². The van der Waals surface area contributed by atoms with E-state index in [4.69, 9.17) is 4.42 Å². The third-order valence-corrected chi connectivity index (χ3v) is 3.87. The van der Waals surface area contributed by atoms with Gasteiger partial charge in [0.2, 0.25) is 10.0 Å². The van der Waals surface area contributed by atoms with Gasteiger partial charge < -0.3 is 9.52 Å². The first kappa shape index (κ1) is 13.3. The molecule has 0 amide bonds. The van der Waals surface area contributed by atoms with Gasteiger partial charge in [-0.25, -0.2) is 13.1 Å². The zero-order chi connectivity index (χ0) is 13.2. The molecule has 0 aliphatic carbocycles. The Hall–Kier alpha value is -1.15. The fourth-order valence-electron chi connectivity index (χ4n) is 1.58. The molecule has 18 heavy (non-hydrogen) atoms. The fraction of sp³-hybridized carbons (Fsp3) is 0.273. The van der Waals surface area contributed by atoms with Crippen LogP contribution in [-0.2, 0) is 15.6 Å². The van der Waals surface area contributed by atoms with Crippen molar-refractivity contribution >= 4 is 21.4 Å². The number of furan rings is 1. The highest BCUT2D eigenvalue weighted by Gasteiger charge is 2.35. The smallest absolute Gasteiger partial charge is 0.208 e. The zero-order valence-electron chi connectivity index (χ0n) is 9.66. The van der Waals surface area contributed by atoms with Crippen molar-refractivity contribution in [2.75, 3.05) is 12.8 Å². The molecule has 0 aromatic carbocycles. The minimum atomic E-state index is -3.39. The number of thiophene rings is 1. The summed E-state index contributed by atoms with van der Waals surface area (Å²) in [5.41, 5.74) is -0.898. The number of hydrogen-bond acceptors (Lipinski definition) is 5. The van der Waals surface area contributed by atoms with E-state index in [1.807, 2.05) is 5.38 Å². The van der Waals surface area contributed by atoms with Crippen molar-refractivity contribution in [3.63, 3.8) is 0 Å². The third-order valence-electron chi connectivity index (χ3n) is 2.52. The molecule has 7 heteroatoms. The first-order valence-corrected chi connectivity index (χ1v) is 7.99. The second-order valence-corrected chi connectivity index (χ2v) is 6.56. The summed E-state index contributed by atoms with van der Waals surface area (Å²) in [5.74, 6) is 0.303. The molecule has 0 bridgehead atoms. The lowest BCUT2D eigenvalue weighted by molar-refractivity contribution is 0.0624. The summed E-state index contributed by atoms with van der Waals surface area (Å²) < 4.78 is 29.8. The maximum atomic E-state index is 11.2. The van der Waals surface area contributed by atoms with Crippen LogP contribution in [0.2, 0.25) is 0 Å². The zero-order valence-corrected chi connectivity index (χ0v) is 11.3. The molecule has 0 fully saturated rings. The lowest BCUT2D eigenvalue weighted by Gasteiger charge is -2.25. The summed E-state index contributed by atoms with van der Waals surface area (Å²) in [5, 5.41) is 14.2. The van der Waals surface area contributed by atoms with Gasteiger partial charge in [0, 0.05) is 5.56 Å². The Morgan fingerprint density at radius 1 is 1.50 bits per heavy atom. The van der Waals surface area contributed by atoms with Gasteiger partial charge in [-0.1, -0.05) is 0 Å². The number of rotatable bonds is 5. The van der Waals surface area contributed by atoms with Gasteiger partial charge in [0.1, 0.15) is 5.76 Å². The second-order valence-electron chi connectivity index (χ2n) is 3.94. The van der Waals surface area contributed by atoms with Gasteiger partial charge in [-0.15, -0.1) is 0 Å². The van der Waals surface area contributed by atoms with Crippen molar-refractivity contribution in [1.29, 1.82) is 0 Å². The van der Waals surface area contributed by atoms with Crippen molar-refractivity contribution in [2.45, 2.75) is 5.60 Å². The summed E-state index contributed by atoms with van der Waals surface area (Å²) in [4.78, 5) is 0. The molecule has 0 aliphatic heterocycles. The van der Waals surface area contributed by atoms with E-state index in [1.54, 1.807) is 23.6 Å².